The molecule has 0 spiro atoms. The first-order valence-corrected chi connectivity index (χ1v) is 17.1. The van der Waals surface area contributed by atoms with Crippen LogP contribution in [0, 0.1) is 0 Å². The van der Waals surface area contributed by atoms with Gasteiger partial charge in [0, 0.05) is 6.42 Å². The SMILES string of the molecule is CCCCC/C=C\C[C@H](O)/C=C/C=C\C/C=C\CCCC(=O)N[C@@H](CO)[C@H](O)/C=C/CCCCCCCCCCCC. The zero-order valence-electron chi connectivity index (χ0n) is 27.1. The van der Waals surface area contributed by atoms with E-state index >= 15 is 0 Å². The number of unbranched alkanes of at least 4 members (excludes halogenated alkanes) is 14. The first-order valence-electron chi connectivity index (χ1n) is 17.1. The van der Waals surface area contributed by atoms with Gasteiger partial charge < -0.3 is 20.6 Å². The first kappa shape index (κ1) is 40.1. The Hall–Kier alpha value is -1.95. The minimum absolute atomic E-state index is 0.149. The monoisotopic (exact) mass is 587 g/mol. The van der Waals surface area contributed by atoms with Crippen molar-refractivity contribution < 1.29 is 20.1 Å². The average molecular weight is 588 g/mol. The summed E-state index contributed by atoms with van der Waals surface area (Å²) < 4.78 is 0. The normalized spacial score (nSPS) is 14.7. The van der Waals surface area contributed by atoms with E-state index in [2.05, 4.69) is 43.5 Å². The highest BCUT2D eigenvalue weighted by Gasteiger charge is 2.17. The van der Waals surface area contributed by atoms with Crippen molar-refractivity contribution in [2.45, 2.75) is 161 Å². The Bertz CT molecular complexity index is 740. The van der Waals surface area contributed by atoms with Crippen molar-refractivity contribution in [3.8, 4) is 0 Å². The van der Waals surface area contributed by atoms with Crippen LogP contribution in [0.15, 0.2) is 60.8 Å². The third kappa shape index (κ3) is 28.2. The molecular formula is C37H65NO4. The number of aliphatic hydroxyl groups is 3. The second kappa shape index (κ2) is 32.0. The summed E-state index contributed by atoms with van der Waals surface area (Å²) in [6, 6.07) is -0.671. The van der Waals surface area contributed by atoms with Crippen molar-refractivity contribution >= 4 is 5.91 Å². The van der Waals surface area contributed by atoms with Gasteiger partial charge in [0.05, 0.1) is 24.9 Å². The van der Waals surface area contributed by atoms with Crippen LogP contribution in [0.25, 0.3) is 0 Å². The van der Waals surface area contributed by atoms with Crippen LogP contribution in [0.5, 0.6) is 0 Å². The Morgan fingerprint density at radius 1 is 0.643 bits per heavy atom. The van der Waals surface area contributed by atoms with Crippen molar-refractivity contribution in [2.24, 2.45) is 0 Å². The van der Waals surface area contributed by atoms with Crippen LogP contribution in [-0.2, 0) is 4.79 Å². The van der Waals surface area contributed by atoms with E-state index in [9.17, 15) is 20.1 Å². The highest BCUT2D eigenvalue weighted by Crippen LogP contribution is 2.12. The number of nitrogens with one attached hydrogen (secondary N) is 1. The lowest BCUT2D eigenvalue weighted by atomic mass is 10.1. The Labute approximate surface area is 259 Å². The second-order valence-electron chi connectivity index (χ2n) is 11.4. The maximum atomic E-state index is 12.3. The summed E-state index contributed by atoms with van der Waals surface area (Å²) in [7, 11) is 0. The number of hydrogen-bond acceptors (Lipinski definition) is 4. The molecule has 0 fully saturated rings. The Morgan fingerprint density at radius 2 is 1.21 bits per heavy atom. The molecule has 0 aromatic carbocycles. The van der Waals surface area contributed by atoms with Gasteiger partial charge in [-0.25, -0.2) is 0 Å². The number of aliphatic hydroxyl groups excluding tert-OH is 3. The third-order valence-corrected chi connectivity index (χ3v) is 7.33. The summed E-state index contributed by atoms with van der Waals surface area (Å²) >= 11 is 0. The number of carbonyl (C=O) groups excluding carboxylic acids is 1. The number of allylic oxidation sites excluding steroid dienone is 7. The van der Waals surface area contributed by atoms with Crippen LogP contribution in [0.1, 0.15) is 142 Å². The van der Waals surface area contributed by atoms with Gasteiger partial charge in [-0.2, -0.15) is 0 Å². The molecular weight excluding hydrogens is 522 g/mol. The highest BCUT2D eigenvalue weighted by molar-refractivity contribution is 5.76. The minimum atomic E-state index is -0.879. The zero-order valence-corrected chi connectivity index (χ0v) is 27.1. The molecule has 0 aromatic rings. The largest absolute Gasteiger partial charge is 0.394 e. The molecule has 5 nitrogen and oxygen atoms in total. The van der Waals surface area contributed by atoms with Crippen LogP contribution in [-0.4, -0.2) is 46.1 Å². The molecule has 1 amide bonds. The molecule has 0 heterocycles. The van der Waals surface area contributed by atoms with Crippen LogP contribution in [0.2, 0.25) is 0 Å². The Balaban J connectivity index is 3.89. The molecule has 42 heavy (non-hydrogen) atoms. The molecule has 0 aliphatic carbocycles. The fourth-order valence-corrected chi connectivity index (χ4v) is 4.60. The van der Waals surface area contributed by atoms with Gasteiger partial charge in [0.1, 0.15) is 0 Å². The lowest BCUT2D eigenvalue weighted by Gasteiger charge is -2.19. The van der Waals surface area contributed by atoms with Crippen LogP contribution < -0.4 is 5.32 Å². The third-order valence-electron chi connectivity index (χ3n) is 7.33. The summed E-state index contributed by atoms with van der Waals surface area (Å²) in [6.07, 6.45) is 40.4. The van der Waals surface area contributed by atoms with Crippen LogP contribution in [0.4, 0.5) is 0 Å². The van der Waals surface area contributed by atoms with Gasteiger partial charge >= 0.3 is 0 Å². The van der Waals surface area contributed by atoms with E-state index in [1.54, 1.807) is 12.2 Å². The van der Waals surface area contributed by atoms with E-state index in [4.69, 9.17) is 0 Å². The van der Waals surface area contributed by atoms with Crippen molar-refractivity contribution in [2.75, 3.05) is 6.61 Å². The number of rotatable bonds is 29. The van der Waals surface area contributed by atoms with Gasteiger partial charge in [-0.1, -0.05) is 145 Å². The maximum Gasteiger partial charge on any atom is 0.220 e. The topological polar surface area (TPSA) is 89.8 Å². The standard InChI is InChI=1S/C37H65NO4/c1-3-5-7-9-11-12-13-14-15-19-23-27-31-36(41)35(33-39)38-37(42)32-28-24-20-17-16-18-22-26-30-34(40)29-25-21-10-8-6-4-2/h17-18,20-22,25-27,30-31,34-36,39-41H,3-16,19,23-24,28-29,32-33H2,1-2H3,(H,38,42)/b20-17-,22-18-,25-21-,30-26+,31-27+/t34-,35-,36+/m0/s1. The van der Waals surface area contributed by atoms with Crippen molar-refractivity contribution in [3.63, 3.8) is 0 Å². The molecule has 0 saturated heterocycles. The maximum absolute atomic E-state index is 12.3. The summed E-state index contributed by atoms with van der Waals surface area (Å²) in [5.41, 5.74) is 0. The number of amides is 1. The second-order valence-corrected chi connectivity index (χ2v) is 11.4. The van der Waals surface area contributed by atoms with E-state index in [0.717, 1.165) is 32.1 Å². The van der Waals surface area contributed by atoms with Gasteiger partial charge in [0.2, 0.25) is 5.91 Å². The van der Waals surface area contributed by atoms with Gasteiger partial charge in [0.15, 0.2) is 0 Å². The van der Waals surface area contributed by atoms with Crippen molar-refractivity contribution in [3.05, 3.63) is 60.8 Å². The molecule has 3 atom stereocenters. The fraction of sp³-hybridized carbons (Fsp3) is 0.703. The van der Waals surface area contributed by atoms with Gasteiger partial charge in [-0.15, -0.1) is 0 Å². The molecule has 0 radical (unpaired) electrons. The van der Waals surface area contributed by atoms with E-state index in [-0.39, 0.29) is 12.5 Å². The Morgan fingerprint density at radius 3 is 1.90 bits per heavy atom. The number of carbonyl (C=O) groups is 1. The molecule has 0 rings (SSSR count). The molecule has 0 unspecified atom stereocenters. The van der Waals surface area contributed by atoms with Crippen molar-refractivity contribution in [1.82, 2.24) is 5.32 Å². The molecule has 0 bridgehead atoms. The zero-order chi connectivity index (χ0) is 30.9. The van der Waals surface area contributed by atoms with E-state index in [1.807, 2.05) is 24.3 Å². The molecule has 5 heteroatoms. The van der Waals surface area contributed by atoms with Gasteiger partial charge in [-0.3, -0.25) is 4.79 Å². The minimum Gasteiger partial charge on any atom is -0.394 e. The average Bonchev–Trinajstić information content (AvgIpc) is 2.99. The molecule has 4 N–H and O–H groups in total. The fourth-order valence-electron chi connectivity index (χ4n) is 4.60. The van der Waals surface area contributed by atoms with E-state index in [1.165, 1.54) is 77.0 Å². The smallest absolute Gasteiger partial charge is 0.220 e. The Kier molecular flexibility index (Phi) is 30.5. The van der Waals surface area contributed by atoms with Gasteiger partial charge in [-0.05, 0) is 51.4 Å². The van der Waals surface area contributed by atoms with Crippen LogP contribution >= 0.6 is 0 Å². The predicted molar refractivity (Wildman–Crippen MR) is 180 cm³/mol. The van der Waals surface area contributed by atoms with Crippen molar-refractivity contribution in [1.29, 1.82) is 0 Å². The molecule has 0 aliphatic rings. The lowest BCUT2D eigenvalue weighted by Crippen LogP contribution is -2.45. The van der Waals surface area contributed by atoms with E-state index in [0.29, 0.717) is 19.3 Å². The molecule has 0 aliphatic heterocycles. The highest BCUT2D eigenvalue weighted by atomic mass is 16.3. The summed E-state index contributed by atoms with van der Waals surface area (Å²) in [6.45, 7) is 4.16. The van der Waals surface area contributed by atoms with Crippen LogP contribution in [0.3, 0.4) is 0 Å². The number of hydrogen-bond donors (Lipinski definition) is 4. The summed E-state index contributed by atoms with van der Waals surface area (Å²) in [5.74, 6) is -0.149. The molecule has 0 saturated carbocycles. The predicted octanol–water partition coefficient (Wildman–Crippen LogP) is 8.81. The quantitative estimate of drug-likeness (QED) is 0.0400. The summed E-state index contributed by atoms with van der Waals surface area (Å²) in [4.78, 5) is 12.3. The molecule has 0 aromatic heterocycles. The lowest BCUT2D eigenvalue weighted by molar-refractivity contribution is -0.122. The van der Waals surface area contributed by atoms with Gasteiger partial charge in [0.25, 0.3) is 0 Å². The first-order chi connectivity index (χ1) is 20.5. The summed E-state index contributed by atoms with van der Waals surface area (Å²) in [5, 5.41) is 32.7. The molecule has 242 valence electrons. The van der Waals surface area contributed by atoms with E-state index < -0.39 is 18.2 Å².